The fraction of sp³-hybridized carbons (Fsp3) is 0.667. The molecule has 0 aliphatic carbocycles. The van der Waals surface area contributed by atoms with E-state index in [4.69, 9.17) is 9.63 Å². The zero-order valence-electron chi connectivity index (χ0n) is 8.22. The van der Waals surface area contributed by atoms with Crippen molar-refractivity contribution < 1.29 is 18.0 Å². The molecule has 0 saturated carbocycles. The van der Waals surface area contributed by atoms with Crippen LogP contribution < -0.4 is 0 Å². The maximum atomic E-state index is 11.2. The zero-order chi connectivity index (χ0) is 10.9. The Bertz CT molecular complexity index is 423. The summed E-state index contributed by atoms with van der Waals surface area (Å²) in [5.41, 5.74) is 0.499. The van der Waals surface area contributed by atoms with Gasteiger partial charge in [0, 0.05) is 12.0 Å². The second-order valence-electron chi connectivity index (χ2n) is 3.80. The van der Waals surface area contributed by atoms with E-state index in [0.29, 0.717) is 24.3 Å². The van der Waals surface area contributed by atoms with E-state index in [1.807, 2.05) is 0 Å². The fourth-order valence-electron chi connectivity index (χ4n) is 1.77. The van der Waals surface area contributed by atoms with Crippen molar-refractivity contribution in [1.82, 2.24) is 5.16 Å². The van der Waals surface area contributed by atoms with Crippen LogP contribution in [0.25, 0.3) is 0 Å². The van der Waals surface area contributed by atoms with Crippen LogP contribution in [0.4, 0.5) is 0 Å². The van der Waals surface area contributed by atoms with Crippen molar-refractivity contribution >= 4 is 9.84 Å². The summed E-state index contributed by atoms with van der Waals surface area (Å²) in [7, 11) is -2.83. The van der Waals surface area contributed by atoms with Gasteiger partial charge in [0.2, 0.25) is 0 Å². The Labute approximate surface area is 88.0 Å². The van der Waals surface area contributed by atoms with Gasteiger partial charge in [-0.25, -0.2) is 8.42 Å². The smallest absolute Gasteiger partial charge is 0.150 e. The van der Waals surface area contributed by atoms with Crippen molar-refractivity contribution in [2.24, 2.45) is 0 Å². The first-order valence-electron chi connectivity index (χ1n) is 4.87. The monoisotopic (exact) mass is 231 g/mol. The Morgan fingerprint density at radius 2 is 2.13 bits per heavy atom. The van der Waals surface area contributed by atoms with E-state index in [9.17, 15) is 8.42 Å². The van der Waals surface area contributed by atoms with Crippen LogP contribution in [0.5, 0.6) is 0 Å². The van der Waals surface area contributed by atoms with E-state index < -0.39 is 9.84 Å². The van der Waals surface area contributed by atoms with Gasteiger partial charge >= 0.3 is 0 Å². The minimum atomic E-state index is -2.83. The average Bonchev–Trinajstić information content (AvgIpc) is 2.66. The number of hydrogen-bond donors (Lipinski definition) is 1. The van der Waals surface area contributed by atoms with E-state index in [1.165, 1.54) is 0 Å². The number of aliphatic hydroxyl groups excluding tert-OH is 1. The van der Waals surface area contributed by atoms with Crippen molar-refractivity contribution in [2.45, 2.75) is 25.4 Å². The first-order valence-corrected chi connectivity index (χ1v) is 6.69. The Morgan fingerprint density at radius 1 is 1.47 bits per heavy atom. The summed E-state index contributed by atoms with van der Waals surface area (Å²) in [5.74, 6) is 1.25. The van der Waals surface area contributed by atoms with Crippen molar-refractivity contribution in [1.29, 1.82) is 0 Å². The predicted molar refractivity (Wildman–Crippen MR) is 53.1 cm³/mol. The number of aliphatic hydroxyl groups is 1. The van der Waals surface area contributed by atoms with E-state index in [0.717, 1.165) is 0 Å². The van der Waals surface area contributed by atoms with Crippen LogP contribution in [0.1, 0.15) is 30.2 Å². The maximum absolute atomic E-state index is 11.2. The highest BCUT2D eigenvalue weighted by Gasteiger charge is 2.27. The van der Waals surface area contributed by atoms with E-state index in [1.54, 1.807) is 6.07 Å². The lowest BCUT2D eigenvalue weighted by atomic mass is 10.00. The summed E-state index contributed by atoms with van der Waals surface area (Å²) in [6.45, 7) is -0.144. The predicted octanol–water partition coefficient (Wildman–Crippen LogP) is 0.459. The Kier molecular flexibility index (Phi) is 2.79. The molecule has 0 bridgehead atoms. The van der Waals surface area contributed by atoms with Gasteiger partial charge in [-0.2, -0.15) is 0 Å². The second-order valence-corrected chi connectivity index (χ2v) is 6.11. The maximum Gasteiger partial charge on any atom is 0.150 e. The zero-order valence-corrected chi connectivity index (χ0v) is 9.03. The lowest BCUT2D eigenvalue weighted by Gasteiger charge is -2.18. The largest absolute Gasteiger partial charge is 0.390 e. The van der Waals surface area contributed by atoms with Crippen LogP contribution in [-0.2, 0) is 16.4 Å². The molecule has 6 heteroatoms. The van der Waals surface area contributed by atoms with Gasteiger partial charge in [-0.1, -0.05) is 5.16 Å². The van der Waals surface area contributed by atoms with Crippen molar-refractivity contribution in [3.8, 4) is 0 Å². The minimum absolute atomic E-state index is 0.126. The summed E-state index contributed by atoms with van der Waals surface area (Å²) in [4.78, 5) is 0. The normalized spacial score (nSPS) is 21.7. The van der Waals surface area contributed by atoms with Crippen molar-refractivity contribution in [2.75, 3.05) is 11.5 Å². The van der Waals surface area contributed by atoms with Gasteiger partial charge in [0.25, 0.3) is 0 Å². The third kappa shape index (κ3) is 2.38. The molecule has 0 radical (unpaired) electrons. The average molecular weight is 231 g/mol. The van der Waals surface area contributed by atoms with Gasteiger partial charge in [0.15, 0.2) is 0 Å². The molecule has 1 aliphatic rings. The molecule has 2 heterocycles. The molecule has 1 saturated heterocycles. The van der Waals surface area contributed by atoms with Gasteiger partial charge in [-0.15, -0.1) is 0 Å². The molecule has 0 atom stereocenters. The molecule has 15 heavy (non-hydrogen) atoms. The van der Waals surface area contributed by atoms with Crippen molar-refractivity contribution in [3.63, 3.8) is 0 Å². The highest BCUT2D eigenvalue weighted by Crippen LogP contribution is 2.29. The summed E-state index contributed by atoms with van der Waals surface area (Å²) in [6, 6.07) is 1.70. The topological polar surface area (TPSA) is 80.4 Å². The standard InChI is InChI=1S/C9H13NO4S/c11-6-8-5-9(14-10-8)7-1-3-15(12,13)4-2-7/h5,7,11H,1-4,6H2. The van der Waals surface area contributed by atoms with Gasteiger partial charge in [0.1, 0.15) is 21.3 Å². The molecule has 0 unspecified atom stereocenters. The third-order valence-electron chi connectivity index (χ3n) is 2.70. The molecule has 0 aromatic carbocycles. The van der Waals surface area contributed by atoms with Crippen molar-refractivity contribution in [3.05, 3.63) is 17.5 Å². The van der Waals surface area contributed by atoms with Crippen LogP contribution in [0.15, 0.2) is 10.6 Å². The van der Waals surface area contributed by atoms with Crippen LogP contribution >= 0.6 is 0 Å². The quantitative estimate of drug-likeness (QED) is 0.799. The first-order chi connectivity index (χ1) is 7.11. The lowest BCUT2D eigenvalue weighted by Crippen LogP contribution is -2.21. The lowest BCUT2D eigenvalue weighted by molar-refractivity contribution is 0.263. The molecule has 5 nitrogen and oxygen atoms in total. The summed E-state index contributed by atoms with van der Waals surface area (Å²) in [5, 5.41) is 12.5. The molecule has 84 valence electrons. The molecule has 2 rings (SSSR count). The molecular weight excluding hydrogens is 218 g/mol. The van der Waals surface area contributed by atoms with Crippen LogP contribution in [0, 0.1) is 0 Å². The number of nitrogens with zero attached hydrogens (tertiary/aromatic N) is 1. The highest BCUT2D eigenvalue weighted by atomic mass is 32.2. The van der Waals surface area contributed by atoms with Crippen LogP contribution in [0.2, 0.25) is 0 Å². The molecular formula is C9H13NO4S. The minimum Gasteiger partial charge on any atom is -0.390 e. The summed E-state index contributed by atoms with van der Waals surface area (Å²) < 4.78 is 27.5. The molecule has 1 aliphatic heterocycles. The Balaban J connectivity index is 2.07. The first kappa shape index (κ1) is 10.6. The van der Waals surface area contributed by atoms with E-state index >= 15 is 0 Å². The van der Waals surface area contributed by atoms with Gasteiger partial charge in [-0.05, 0) is 12.8 Å². The SMILES string of the molecule is O=S1(=O)CCC(c2cc(CO)no2)CC1. The third-order valence-corrected chi connectivity index (χ3v) is 4.41. The second kappa shape index (κ2) is 3.94. The van der Waals surface area contributed by atoms with Crippen LogP contribution in [-0.4, -0.2) is 30.2 Å². The number of aromatic nitrogens is 1. The summed E-state index contributed by atoms with van der Waals surface area (Å²) >= 11 is 0. The molecule has 1 aromatic rings. The highest BCUT2D eigenvalue weighted by molar-refractivity contribution is 7.91. The van der Waals surface area contributed by atoms with Gasteiger partial charge in [0.05, 0.1) is 18.1 Å². The Morgan fingerprint density at radius 3 is 2.67 bits per heavy atom. The van der Waals surface area contributed by atoms with Crippen LogP contribution in [0.3, 0.4) is 0 Å². The fourth-order valence-corrected chi connectivity index (χ4v) is 3.26. The number of rotatable bonds is 2. The van der Waals surface area contributed by atoms with E-state index in [-0.39, 0.29) is 24.0 Å². The molecule has 1 N–H and O–H groups in total. The van der Waals surface area contributed by atoms with E-state index in [2.05, 4.69) is 5.16 Å². The van der Waals surface area contributed by atoms with Gasteiger partial charge in [-0.3, -0.25) is 0 Å². The Hall–Kier alpha value is -0.880. The molecule has 1 aromatic heterocycles. The number of hydrogen-bond acceptors (Lipinski definition) is 5. The number of sulfone groups is 1. The summed E-state index contributed by atoms with van der Waals surface area (Å²) in [6.07, 6.45) is 1.17. The molecule has 0 amide bonds. The molecule has 0 spiro atoms. The van der Waals surface area contributed by atoms with Gasteiger partial charge < -0.3 is 9.63 Å². The molecule has 1 fully saturated rings.